The number of hydrogen-bond acceptors (Lipinski definition) is 1. The van der Waals surface area contributed by atoms with Gasteiger partial charge < -0.3 is 4.90 Å². The average Bonchev–Trinajstić information content (AvgIpc) is 2.59. The fourth-order valence-corrected chi connectivity index (χ4v) is 1.57. The lowest BCUT2D eigenvalue weighted by atomic mass is 10.1. The van der Waals surface area contributed by atoms with Crippen LogP contribution < -0.4 is 0 Å². The highest BCUT2D eigenvalue weighted by Crippen LogP contribution is 2.21. The van der Waals surface area contributed by atoms with Crippen LogP contribution in [0.1, 0.15) is 36.7 Å². The van der Waals surface area contributed by atoms with E-state index in [2.05, 4.69) is 0 Å². The number of fused-ring (bicyclic) bond motifs is 1. The van der Waals surface area contributed by atoms with Crippen LogP contribution in [-0.2, 0) is 6.54 Å². The van der Waals surface area contributed by atoms with E-state index in [1.54, 1.807) is 0 Å². The molecule has 0 fully saturated rings. The highest BCUT2D eigenvalue weighted by Gasteiger charge is 2.24. The fraction of sp³-hybridized carbons (Fsp3) is 0.417. The number of hydrogen-bond donors (Lipinski definition) is 0. The summed E-state index contributed by atoms with van der Waals surface area (Å²) in [4.78, 5) is 13.4. The Morgan fingerprint density at radius 2 is 1.93 bits per heavy atom. The summed E-state index contributed by atoms with van der Waals surface area (Å²) in [5.41, 5.74) is 2.03. The maximum atomic E-state index is 11.6. The molecule has 1 aromatic rings. The van der Waals surface area contributed by atoms with Crippen LogP contribution in [-0.4, -0.2) is 17.4 Å². The van der Waals surface area contributed by atoms with E-state index >= 15 is 0 Å². The molecule has 0 saturated heterocycles. The third kappa shape index (κ3) is 1.79. The smallest absolute Gasteiger partial charge is 0.254 e. The largest absolute Gasteiger partial charge is 0.335 e. The molecule has 1 aliphatic rings. The van der Waals surface area contributed by atoms with Gasteiger partial charge in [0.25, 0.3) is 5.91 Å². The first kappa shape index (κ1) is 10.8. The lowest BCUT2D eigenvalue weighted by Gasteiger charge is -2.10. The van der Waals surface area contributed by atoms with E-state index in [0.717, 1.165) is 24.2 Å². The maximum absolute atomic E-state index is 11.6. The monoisotopic (exact) mass is 191 g/mol. The molecule has 1 amide bonds. The summed E-state index contributed by atoms with van der Waals surface area (Å²) >= 11 is 0. The fourth-order valence-electron chi connectivity index (χ4n) is 1.57. The highest BCUT2D eigenvalue weighted by atomic mass is 16.2. The second kappa shape index (κ2) is 4.80. The number of nitrogens with zero attached hydrogens (tertiary/aromatic N) is 1. The molecule has 0 aliphatic carbocycles. The van der Waals surface area contributed by atoms with E-state index in [1.165, 1.54) is 0 Å². The van der Waals surface area contributed by atoms with Crippen LogP contribution in [0.25, 0.3) is 0 Å². The van der Waals surface area contributed by atoms with Gasteiger partial charge in [0.2, 0.25) is 0 Å². The second-order valence-corrected chi connectivity index (χ2v) is 2.98. The zero-order valence-corrected chi connectivity index (χ0v) is 9.08. The topological polar surface area (TPSA) is 20.3 Å². The minimum atomic E-state index is 0.174. The Labute approximate surface area is 85.5 Å². The molecular formula is C12H17NO. The summed E-state index contributed by atoms with van der Waals surface area (Å²) in [5, 5.41) is 0. The van der Waals surface area contributed by atoms with Crippen molar-refractivity contribution >= 4 is 5.91 Å². The first-order valence-electron chi connectivity index (χ1n) is 5.20. The third-order valence-corrected chi connectivity index (χ3v) is 2.28. The molecule has 2 rings (SSSR count). The van der Waals surface area contributed by atoms with Crippen molar-refractivity contribution in [3.05, 3.63) is 35.4 Å². The summed E-state index contributed by atoms with van der Waals surface area (Å²) in [6, 6.07) is 7.80. The predicted octanol–water partition coefficient (Wildman–Crippen LogP) is 2.69. The Morgan fingerprint density at radius 1 is 1.29 bits per heavy atom. The molecule has 0 spiro atoms. The van der Waals surface area contributed by atoms with Crippen molar-refractivity contribution in [1.82, 2.24) is 4.90 Å². The summed E-state index contributed by atoms with van der Waals surface area (Å²) in [7, 11) is 0. The van der Waals surface area contributed by atoms with Gasteiger partial charge in [-0.1, -0.05) is 32.0 Å². The Balaban J connectivity index is 0.000000461. The van der Waals surface area contributed by atoms with Crippen molar-refractivity contribution in [1.29, 1.82) is 0 Å². The summed E-state index contributed by atoms with van der Waals surface area (Å²) in [5.74, 6) is 0.174. The van der Waals surface area contributed by atoms with Crippen molar-refractivity contribution in [2.24, 2.45) is 0 Å². The molecule has 0 N–H and O–H groups in total. The van der Waals surface area contributed by atoms with Crippen LogP contribution in [0.5, 0.6) is 0 Å². The average molecular weight is 191 g/mol. The van der Waals surface area contributed by atoms with Crippen LogP contribution in [0.4, 0.5) is 0 Å². The van der Waals surface area contributed by atoms with Gasteiger partial charge >= 0.3 is 0 Å². The minimum Gasteiger partial charge on any atom is -0.335 e. The molecule has 2 heteroatoms. The van der Waals surface area contributed by atoms with Gasteiger partial charge in [0.05, 0.1) is 0 Å². The van der Waals surface area contributed by atoms with Crippen LogP contribution in [0.3, 0.4) is 0 Å². The first-order valence-corrected chi connectivity index (χ1v) is 5.20. The van der Waals surface area contributed by atoms with Crippen molar-refractivity contribution in [3.8, 4) is 0 Å². The van der Waals surface area contributed by atoms with E-state index in [-0.39, 0.29) is 5.91 Å². The molecule has 0 radical (unpaired) electrons. The standard InChI is InChI=1S/C10H11NO.C2H6/c1-2-11-7-8-5-3-4-6-9(8)10(11)12;1-2/h3-6H,2,7H2,1H3;1-2H3. The molecule has 2 nitrogen and oxygen atoms in total. The quantitative estimate of drug-likeness (QED) is 0.668. The van der Waals surface area contributed by atoms with E-state index in [9.17, 15) is 4.79 Å². The molecule has 76 valence electrons. The van der Waals surface area contributed by atoms with Gasteiger partial charge in [-0.3, -0.25) is 4.79 Å². The van der Waals surface area contributed by atoms with E-state index < -0.39 is 0 Å². The van der Waals surface area contributed by atoms with Crippen molar-refractivity contribution in [3.63, 3.8) is 0 Å². The normalized spacial score (nSPS) is 13.4. The van der Waals surface area contributed by atoms with Crippen LogP contribution in [0, 0.1) is 0 Å². The third-order valence-electron chi connectivity index (χ3n) is 2.28. The highest BCUT2D eigenvalue weighted by molar-refractivity contribution is 5.98. The molecule has 0 unspecified atom stereocenters. The molecule has 1 aliphatic heterocycles. The van der Waals surface area contributed by atoms with Crippen molar-refractivity contribution in [2.75, 3.05) is 6.54 Å². The van der Waals surface area contributed by atoms with Gasteiger partial charge in [-0.15, -0.1) is 0 Å². The number of carbonyl (C=O) groups excluding carboxylic acids is 1. The molecule has 0 aromatic heterocycles. The number of rotatable bonds is 1. The number of carbonyl (C=O) groups is 1. The Morgan fingerprint density at radius 3 is 2.50 bits per heavy atom. The molecule has 1 aromatic carbocycles. The lowest BCUT2D eigenvalue weighted by molar-refractivity contribution is 0.0787. The summed E-state index contributed by atoms with van der Waals surface area (Å²) < 4.78 is 0. The summed E-state index contributed by atoms with van der Waals surface area (Å²) in [6.07, 6.45) is 0. The van der Waals surface area contributed by atoms with Crippen LogP contribution in [0.15, 0.2) is 24.3 Å². The summed E-state index contributed by atoms with van der Waals surface area (Å²) in [6.45, 7) is 7.59. The van der Waals surface area contributed by atoms with Crippen molar-refractivity contribution < 1.29 is 4.79 Å². The second-order valence-electron chi connectivity index (χ2n) is 2.98. The first-order chi connectivity index (χ1) is 6.83. The van der Waals surface area contributed by atoms with E-state index in [1.807, 2.05) is 49.9 Å². The Bertz CT molecular complexity index is 320. The van der Waals surface area contributed by atoms with Gasteiger partial charge in [-0.25, -0.2) is 0 Å². The Hall–Kier alpha value is -1.31. The van der Waals surface area contributed by atoms with Gasteiger partial charge in [-0.2, -0.15) is 0 Å². The minimum absolute atomic E-state index is 0.174. The zero-order chi connectivity index (χ0) is 10.6. The van der Waals surface area contributed by atoms with Crippen LogP contribution >= 0.6 is 0 Å². The molecule has 0 bridgehead atoms. The molecule has 14 heavy (non-hydrogen) atoms. The van der Waals surface area contributed by atoms with Gasteiger partial charge in [-0.05, 0) is 18.6 Å². The zero-order valence-electron chi connectivity index (χ0n) is 9.08. The molecule has 1 heterocycles. The maximum Gasteiger partial charge on any atom is 0.254 e. The number of benzene rings is 1. The van der Waals surface area contributed by atoms with Gasteiger partial charge in [0.1, 0.15) is 0 Å². The molecule has 0 saturated carbocycles. The number of amides is 1. The van der Waals surface area contributed by atoms with Crippen molar-refractivity contribution in [2.45, 2.75) is 27.3 Å². The Kier molecular flexibility index (Phi) is 3.69. The SMILES string of the molecule is CC.CCN1Cc2ccccc2C1=O. The predicted molar refractivity (Wildman–Crippen MR) is 58.2 cm³/mol. The van der Waals surface area contributed by atoms with Crippen LogP contribution in [0.2, 0.25) is 0 Å². The van der Waals surface area contributed by atoms with E-state index in [4.69, 9.17) is 0 Å². The molecular weight excluding hydrogens is 174 g/mol. The lowest BCUT2D eigenvalue weighted by Crippen LogP contribution is -2.22. The van der Waals surface area contributed by atoms with E-state index in [0.29, 0.717) is 0 Å². The molecule has 0 atom stereocenters. The van der Waals surface area contributed by atoms with Gasteiger partial charge in [0.15, 0.2) is 0 Å². The van der Waals surface area contributed by atoms with Gasteiger partial charge in [0, 0.05) is 18.7 Å².